The van der Waals surface area contributed by atoms with E-state index < -0.39 is 0 Å². The van der Waals surface area contributed by atoms with E-state index in [0.717, 1.165) is 21.4 Å². The molecule has 0 unspecified atom stereocenters. The Morgan fingerprint density at radius 2 is 1.95 bits per heavy atom. The van der Waals surface area contributed by atoms with Gasteiger partial charge >= 0.3 is 0 Å². The highest BCUT2D eigenvalue weighted by atomic mass is 79.9. The summed E-state index contributed by atoms with van der Waals surface area (Å²) in [5, 5.41) is 13.0. The molecule has 0 saturated carbocycles. The van der Waals surface area contributed by atoms with Crippen molar-refractivity contribution in [1.29, 1.82) is 0 Å². The van der Waals surface area contributed by atoms with Crippen LogP contribution in [-0.2, 0) is 10.5 Å². The SMILES string of the molecule is O=C(CSCc1ccccc1Br)NN=Cc1ccc(O)cc1. The van der Waals surface area contributed by atoms with Gasteiger partial charge in [-0.05, 0) is 41.5 Å². The number of nitrogens with one attached hydrogen (secondary N) is 1. The van der Waals surface area contributed by atoms with Crippen molar-refractivity contribution in [3.05, 3.63) is 64.1 Å². The van der Waals surface area contributed by atoms with Gasteiger partial charge in [0, 0.05) is 10.2 Å². The van der Waals surface area contributed by atoms with Crippen LogP contribution in [0.15, 0.2) is 58.1 Å². The molecule has 0 aliphatic carbocycles. The molecule has 0 spiro atoms. The van der Waals surface area contributed by atoms with Gasteiger partial charge in [0.1, 0.15) is 5.75 Å². The van der Waals surface area contributed by atoms with Gasteiger partial charge in [-0.25, -0.2) is 5.43 Å². The Labute approximate surface area is 141 Å². The number of halogens is 1. The summed E-state index contributed by atoms with van der Waals surface area (Å²) in [5.41, 5.74) is 4.45. The van der Waals surface area contributed by atoms with Crippen molar-refractivity contribution in [3.63, 3.8) is 0 Å². The van der Waals surface area contributed by atoms with E-state index in [1.165, 1.54) is 18.0 Å². The second-order valence-corrected chi connectivity index (χ2v) is 6.31. The molecule has 2 aromatic carbocycles. The van der Waals surface area contributed by atoms with E-state index in [2.05, 4.69) is 26.5 Å². The molecule has 1 amide bonds. The first-order valence-corrected chi connectivity index (χ1v) is 8.52. The zero-order valence-electron chi connectivity index (χ0n) is 11.7. The summed E-state index contributed by atoms with van der Waals surface area (Å²) in [4.78, 5) is 11.7. The fourth-order valence-corrected chi connectivity index (χ4v) is 3.07. The number of nitrogens with zero attached hydrogens (tertiary/aromatic N) is 1. The van der Waals surface area contributed by atoms with Crippen molar-refractivity contribution in [3.8, 4) is 5.75 Å². The highest BCUT2D eigenvalue weighted by Gasteiger charge is 2.02. The van der Waals surface area contributed by atoms with Crippen LogP contribution < -0.4 is 5.43 Å². The molecular formula is C16H15BrN2O2S. The van der Waals surface area contributed by atoms with Crippen molar-refractivity contribution in [2.45, 2.75) is 5.75 Å². The normalized spacial score (nSPS) is 10.8. The Morgan fingerprint density at radius 3 is 2.68 bits per heavy atom. The minimum absolute atomic E-state index is 0.146. The lowest BCUT2D eigenvalue weighted by molar-refractivity contribution is -0.118. The number of carbonyl (C=O) groups excluding carboxylic acids is 1. The maximum Gasteiger partial charge on any atom is 0.250 e. The van der Waals surface area contributed by atoms with Crippen LogP contribution in [0, 0.1) is 0 Å². The van der Waals surface area contributed by atoms with E-state index in [4.69, 9.17) is 5.11 Å². The number of hydrogen-bond donors (Lipinski definition) is 2. The first kappa shape index (κ1) is 16.6. The summed E-state index contributed by atoms with van der Waals surface area (Å²) in [6.07, 6.45) is 1.54. The predicted molar refractivity (Wildman–Crippen MR) is 94.1 cm³/mol. The van der Waals surface area contributed by atoms with Gasteiger partial charge < -0.3 is 5.11 Å². The summed E-state index contributed by atoms with van der Waals surface area (Å²) in [5.74, 6) is 1.15. The number of carbonyl (C=O) groups is 1. The number of amides is 1. The van der Waals surface area contributed by atoms with Crippen LogP contribution in [0.3, 0.4) is 0 Å². The molecule has 0 fully saturated rings. The quantitative estimate of drug-likeness (QED) is 0.596. The molecule has 0 heterocycles. The smallest absolute Gasteiger partial charge is 0.250 e. The fraction of sp³-hybridized carbons (Fsp3) is 0.125. The Bertz CT molecular complexity index is 659. The number of rotatable bonds is 6. The van der Waals surface area contributed by atoms with E-state index >= 15 is 0 Å². The van der Waals surface area contributed by atoms with E-state index in [9.17, 15) is 4.79 Å². The molecule has 0 aromatic heterocycles. The summed E-state index contributed by atoms with van der Waals surface area (Å²) in [6.45, 7) is 0. The number of aromatic hydroxyl groups is 1. The van der Waals surface area contributed by atoms with Gasteiger partial charge in [-0.3, -0.25) is 4.79 Å². The number of benzene rings is 2. The molecule has 0 radical (unpaired) electrons. The molecule has 114 valence electrons. The maximum atomic E-state index is 11.7. The topological polar surface area (TPSA) is 61.7 Å². The van der Waals surface area contributed by atoms with Crippen molar-refractivity contribution >= 4 is 39.8 Å². The van der Waals surface area contributed by atoms with Gasteiger partial charge in [0.15, 0.2) is 0 Å². The number of hydrogen-bond acceptors (Lipinski definition) is 4. The van der Waals surface area contributed by atoms with Crippen molar-refractivity contribution < 1.29 is 9.90 Å². The monoisotopic (exact) mass is 378 g/mol. The molecule has 0 saturated heterocycles. The van der Waals surface area contributed by atoms with Crippen LogP contribution in [-0.4, -0.2) is 23.0 Å². The fourth-order valence-electron chi connectivity index (χ4n) is 1.64. The molecular weight excluding hydrogens is 364 g/mol. The average molecular weight is 379 g/mol. The van der Waals surface area contributed by atoms with Gasteiger partial charge in [0.05, 0.1) is 12.0 Å². The Kier molecular flexibility index (Phi) is 6.48. The van der Waals surface area contributed by atoms with Crippen LogP contribution >= 0.6 is 27.7 Å². The van der Waals surface area contributed by atoms with E-state index in [1.807, 2.05) is 24.3 Å². The molecule has 22 heavy (non-hydrogen) atoms. The lowest BCUT2D eigenvalue weighted by Gasteiger charge is -2.03. The molecule has 2 rings (SSSR count). The molecule has 0 aliphatic heterocycles. The van der Waals surface area contributed by atoms with Crippen molar-refractivity contribution in [2.75, 3.05) is 5.75 Å². The van der Waals surface area contributed by atoms with E-state index in [0.29, 0.717) is 5.75 Å². The van der Waals surface area contributed by atoms with Gasteiger partial charge in [-0.2, -0.15) is 5.10 Å². The number of hydrazone groups is 1. The first-order valence-electron chi connectivity index (χ1n) is 6.57. The molecule has 0 bridgehead atoms. The van der Waals surface area contributed by atoms with Gasteiger partial charge in [-0.15, -0.1) is 11.8 Å². The van der Waals surface area contributed by atoms with Gasteiger partial charge in [0.25, 0.3) is 0 Å². The third-order valence-electron chi connectivity index (χ3n) is 2.74. The molecule has 2 N–H and O–H groups in total. The standard InChI is InChI=1S/C16H15BrN2O2S/c17-15-4-2-1-3-13(15)10-22-11-16(21)19-18-9-12-5-7-14(20)8-6-12/h1-9,20H,10-11H2,(H,19,21). The van der Waals surface area contributed by atoms with Crippen LogP contribution in [0.2, 0.25) is 0 Å². The number of thioether (sulfide) groups is 1. The van der Waals surface area contributed by atoms with Crippen LogP contribution in [0.4, 0.5) is 0 Å². The maximum absolute atomic E-state index is 11.7. The minimum Gasteiger partial charge on any atom is -0.508 e. The lowest BCUT2D eigenvalue weighted by Crippen LogP contribution is -2.19. The summed E-state index contributed by atoms with van der Waals surface area (Å²) >= 11 is 5.01. The highest BCUT2D eigenvalue weighted by Crippen LogP contribution is 2.21. The summed E-state index contributed by atoms with van der Waals surface area (Å²) in [7, 11) is 0. The lowest BCUT2D eigenvalue weighted by atomic mass is 10.2. The average Bonchev–Trinajstić information content (AvgIpc) is 2.51. The van der Waals surface area contributed by atoms with Crippen LogP contribution in [0.1, 0.15) is 11.1 Å². The van der Waals surface area contributed by atoms with Crippen LogP contribution in [0.25, 0.3) is 0 Å². The molecule has 4 nitrogen and oxygen atoms in total. The van der Waals surface area contributed by atoms with E-state index in [1.54, 1.807) is 24.3 Å². The minimum atomic E-state index is -0.146. The van der Waals surface area contributed by atoms with Crippen molar-refractivity contribution in [1.82, 2.24) is 5.43 Å². The van der Waals surface area contributed by atoms with Gasteiger partial charge in [-0.1, -0.05) is 34.1 Å². The predicted octanol–water partition coefficient (Wildman–Crippen LogP) is 3.54. The van der Waals surface area contributed by atoms with E-state index in [-0.39, 0.29) is 11.7 Å². The third-order valence-corrected chi connectivity index (χ3v) is 4.50. The van der Waals surface area contributed by atoms with Crippen molar-refractivity contribution in [2.24, 2.45) is 5.10 Å². The molecule has 0 atom stereocenters. The Morgan fingerprint density at radius 1 is 1.23 bits per heavy atom. The third kappa shape index (κ3) is 5.54. The second-order valence-electron chi connectivity index (χ2n) is 4.47. The second kappa shape index (κ2) is 8.60. The Hall–Kier alpha value is -1.79. The highest BCUT2D eigenvalue weighted by molar-refractivity contribution is 9.10. The van der Waals surface area contributed by atoms with Gasteiger partial charge in [0.2, 0.25) is 5.91 Å². The number of phenolic OH excluding ortho intramolecular Hbond substituents is 1. The zero-order valence-corrected chi connectivity index (χ0v) is 14.1. The summed E-state index contributed by atoms with van der Waals surface area (Å²) in [6, 6.07) is 14.5. The molecule has 2 aromatic rings. The molecule has 6 heteroatoms. The summed E-state index contributed by atoms with van der Waals surface area (Å²) < 4.78 is 1.05. The first-order chi connectivity index (χ1) is 10.6. The Balaban J connectivity index is 1.72. The largest absolute Gasteiger partial charge is 0.508 e. The zero-order chi connectivity index (χ0) is 15.8. The molecule has 0 aliphatic rings. The van der Waals surface area contributed by atoms with Crippen LogP contribution in [0.5, 0.6) is 5.75 Å². The number of phenols is 1.